The first kappa shape index (κ1) is 20.5. The molecule has 3 saturated carbocycles. The van der Waals surface area contributed by atoms with Gasteiger partial charge in [-0.05, 0) is 12.3 Å². The second-order valence-electron chi connectivity index (χ2n) is 9.55. The predicted molar refractivity (Wildman–Crippen MR) is 123 cm³/mol. The molecule has 0 bridgehead atoms. The van der Waals surface area contributed by atoms with Crippen molar-refractivity contribution in [2.24, 2.45) is 17.3 Å². The average molecular weight is 473 g/mol. The highest BCUT2D eigenvalue weighted by atomic mass is 16.4. The Hall–Kier alpha value is -3.90. The van der Waals surface area contributed by atoms with E-state index in [1.165, 1.54) is 4.68 Å². The molecule has 35 heavy (non-hydrogen) atoms. The Morgan fingerprint density at radius 3 is 2.69 bits per heavy atom. The maximum Gasteiger partial charge on any atom is 0.256 e. The molecular weight excluding hydrogens is 450 g/mol. The molecule has 0 aliphatic heterocycles. The second-order valence-corrected chi connectivity index (χ2v) is 9.55. The Bertz CT molecular complexity index is 1500. The van der Waals surface area contributed by atoms with Crippen molar-refractivity contribution in [1.29, 1.82) is 0 Å². The van der Waals surface area contributed by atoms with E-state index in [1.54, 1.807) is 31.2 Å². The topological polar surface area (TPSA) is 156 Å². The number of nitrogens with one attached hydrogen (secondary N) is 2. The zero-order chi connectivity index (χ0) is 24.1. The van der Waals surface area contributed by atoms with Crippen molar-refractivity contribution in [1.82, 2.24) is 39.8 Å². The molecular formula is C23H23N9O3. The summed E-state index contributed by atoms with van der Waals surface area (Å²) in [5.74, 6) is 0.249. The molecule has 0 spiro atoms. The normalized spacial score (nSPS) is 32.2. The number of anilines is 1. The Kier molecular flexibility index (Phi) is 3.87. The summed E-state index contributed by atoms with van der Waals surface area (Å²) in [5, 5.41) is 36.6. The van der Waals surface area contributed by atoms with Crippen molar-refractivity contribution < 1.29 is 15.0 Å². The van der Waals surface area contributed by atoms with Gasteiger partial charge in [-0.1, -0.05) is 35.5 Å². The molecule has 178 valence electrons. The molecule has 7 rings (SSSR count). The van der Waals surface area contributed by atoms with Crippen LogP contribution in [0.1, 0.15) is 12.5 Å². The molecule has 12 heteroatoms. The van der Waals surface area contributed by atoms with Gasteiger partial charge in [-0.2, -0.15) is 14.6 Å². The maximum atomic E-state index is 12.4. The van der Waals surface area contributed by atoms with Gasteiger partial charge in [0.1, 0.15) is 11.3 Å². The molecule has 1 aromatic carbocycles. The van der Waals surface area contributed by atoms with E-state index >= 15 is 0 Å². The molecule has 12 nitrogen and oxygen atoms in total. The predicted octanol–water partition coefficient (Wildman–Crippen LogP) is 0.144. The van der Waals surface area contributed by atoms with Crippen molar-refractivity contribution >= 4 is 22.9 Å². The van der Waals surface area contributed by atoms with Crippen molar-refractivity contribution in [3.05, 3.63) is 42.9 Å². The fourth-order valence-corrected chi connectivity index (χ4v) is 6.27. The monoisotopic (exact) mass is 473 g/mol. The summed E-state index contributed by atoms with van der Waals surface area (Å²) in [5.41, 5.74) is 0.346. The van der Waals surface area contributed by atoms with Gasteiger partial charge in [-0.25, -0.2) is 4.98 Å². The molecule has 3 aliphatic carbocycles. The molecule has 4 N–H and O–H groups in total. The number of aliphatic hydroxyl groups excluding tert-OH is 1. The Labute approximate surface area is 199 Å². The Morgan fingerprint density at radius 2 is 2.00 bits per heavy atom. The number of aromatic nitrogens is 7. The number of aliphatic hydroxyl groups is 2. The number of amides is 1. The van der Waals surface area contributed by atoms with Crippen LogP contribution in [-0.2, 0) is 4.79 Å². The van der Waals surface area contributed by atoms with E-state index in [-0.39, 0.29) is 17.7 Å². The van der Waals surface area contributed by atoms with Crippen LogP contribution in [0.5, 0.6) is 0 Å². The molecule has 3 aromatic heterocycles. The van der Waals surface area contributed by atoms with Crippen molar-refractivity contribution in [2.75, 3.05) is 19.4 Å². The number of fused-ring (bicyclic) bond motifs is 4. The molecule has 3 heterocycles. The summed E-state index contributed by atoms with van der Waals surface area (Å²) in [6.45, 7) is 0. The van der Waals surface area contributed by atoms with Gasteiger partial charge in [0.2, 0.25) is 5.91 Å². The van der Waals surface area contributed by atoms with Crippen LogP contribution in [-0.4, -0.2) is 76.4 Å². The fourth-order valence-electron chi connectivity index (χ4n) is 6.27. The quantitative estimate of drug-likeness (QED) is 0.317. The van der Waals surface area contributed by atoms with E-state index in [1.807, 2.05) is 30.3 Å². The van der Waals surface area contributed by atoms with E-state index in [2.05, 4.69) is 30.9 Å². The second kappa shape index (κ2) is 6.61. The highest BCUT2D eigenvalue weighted by Gasteiger charge is 2.91. The number of benzene rings is 1. The first-order valence-electron chi connectivity index (χ1n) is 11.5. The molecule has 0 radical (unpaired) electrons. The van der Waals surface area contributed by atoms with E-state index in [9.17, 15) is 15.0 Å². The van der Waals surface area contributed by atoms with Gasteiger partial charge in [0.05, 0.1) is 30.1 Å². The number of hydrogen-bond donors (Lipinski definition) is 4. The van der Waals surface area contributed by atoms with E-state index in [0.717, 1.165) is 5.56 Å². The lowest BCUT2D eigenvalue weighted by atomic mass is 9.93. The standard InChI is InChI=1S/C23H23N9O3/c1-24-17-15-18(28-21(27-17)32-9-13(29-30-32)11-6-4-3-5-7-11)31(10-26-15)16-14-12-8-22(12,20(34)25-2)19(33)23(14,16)35/h3-7,9-10,12,14,16,19,33,35H,8H2,1-2H3,(H,25,34)(H,24,27,28). The summed E-state index contributed by atoms with van der Waals surface area (Å²) in [6, 6.07) is 9.25. The molecule has 3 aliphatic rings. The van der Waals surface area contributed by atoms with E-state index in [4.69, 9.17) is 4.98 Å². The smallest absolute Gasteiger partial charge is 0.256 e. The molecule has 6 unspecified atom stereocenters. The van der Waals surface area contributed by atoms with Crippen molar-refractivity contribution in [3.63, 3.8) is 0 Å². The highest BCUT2D eigenvalue weighted by Crippen LogP contribution is 2.82. The van der Waals surface area contributed by atoms with Crippen LogP contribution >= 0.6 is 0 Å². The van der Waals surface area contributed by atoms with E-state index in [0.29, 0.717) is 35.0 Å². The van der Waals surface area contributed by atoms with Crippen LogP contribution in [0.4, 0.5) is 5.82 Å². The number of carbonyl (C=O) groups is 1. The molecule has 1 amide bonds. The summed E-state index contributed by atoms with van der Waals surface area (Å²) in [4.78, 5) is 26.2. The summed E-state index contributed by atoms with van der Waals surface area (Å²) < 4.78 is 3.28. The van der Waals surface area contributed by atoms with Crippen LogP contribution in [0.3, 0.4) is 0 Å². The van der Waals surface area contributed by atoms with Crippen LogP contribution in [0.2, 0.25) is 0 Å². The van der Waals surface area contributed by atoms with Gasteiger partial charge in [-0.3, -0.25) is 4.79 Å². The third kappa shape index (κ3) is 2.42. The summed E-state index contributed by atoms with van der Waals surface area (Å²) in [7, 11) is 3.30. The number of imidazole rings is 1. The molecule has 4 aromatic rings. The fraction of sp³-hybridized carbons (Fsp3) is 0.391. The Morgan fingerprint density at radius 1 is 1.20 bits per heavy atom. The third-order valence-corrected chi connectivity index (χ3v) is 8.02. The number of hydrogen-bond acceptors (Lipinski definition) is 9. The summed E-state index contributed by atoms with van der Waals surface area (Å²) >= 11 is 0. The lowest BCUT2D eigenvalue weighted by Crippen LogP contribution is -2.45. The average Bonchev–Trinajstić information content (AvgIpc) is 3.53. The zero-order valence-corrected chi connectivity index (χ0v) is 19.0. The van der Waals surface area contributed by atoms with Crippen LogP contribution < -0.4 is 10.6 Å². The minimum Gasteiger partial charge on any atom is -0.389 e. The van der Waals surface area contributed by atoms with Gasteiger partial charge in [0.25, 0.3) is 5.95 Å². The lowest BCUT2D eigenvalue weighted by Gasteiger charge is -2.25. The first-order valence-corrected chi connectivity index (χ1v) is 11.5. The van der Waals surface area contributed by atoms with Gasteiger partial charge < -0.3 is 25.4 Å². The minimum absolute atomic E-state index is 0.0845. The molecule has 0 saturated heterocycles. The van der Waals surface area contributed by atoms with Crippen molar-refractivity contribution in [2.45, 2.75) is 24.2 Å². The molecule has 3 fully saturated rings. The minimum atomic E-state index is -1.40. The maximum absolute atomic E-state index is 12.4. The Balaban J connectivity index is 1.29. The number of nitrogens with zero attached hydrogens (tertiary/aromatic N) is 7. The van der Waals surface area contributed by atoms with Crippen molar-refractivity contribution in [3.8, 4) is 17.2 Å². The van der Waals surface area contributed by atoms with Crippen LogP contribution in [0.25, 0.3) is 28.4 Å². The number of rotatable bonds is 5. The van der Waals surface area contributed by atoms with E-state index < -0.39 is 23.2 Å². The highest BCUT2D eigenvalue weighted by molar-refractivity contribution is 5.89. The SMILES string of the molecule is CNC(=O)C12CC1C1C(n3cnc4c(NC)nc(-n5cc(-c6ccccc6)nn5)nc43)C1(O)C2O. The van der Waals surface area contributed by atoms with Gasteiger partial charge in [-0.15, -0.1) is 5.10 Å². The van der Waals surface area contributed by atoms with Gasteiger partial charge in [0.15, 0.2) is 17.0 Å². The summed E-state index contributed by atoms with van der Waals surface area (Å²) in [6.07, 6.45) is 2.77. The zero-order valence-electron chi connectivity index (χ0n) is 19.0. The lowest BCUT2D eigenvalue weighted by molar-refractivity contribution is -0.134. The van der Waals surface area contributed by atoms with Crippen LogP contribution in [0, 0.1) is 17.3 Å². The van der Waals surface area contributed by atoms with Crippen LogP contribution in [0.15, 0.2) is 42.9 Å². The number of carbonyl (C=O) groups excluding carboxylic acids is 1. The van der Waals surface area contributed by atoms with Gasteiger partial charge >= 0.3 is 0 Å². The molecule has 6 atom stereocenters. The largest absolute Gasteiger partial charge is 0.389 e. The van der Waals surface area contributed by atoms with Gasteiger partial charge in [0, 0.05) is 25.6 Å². The third-order valence-electron chi connectivity index (χ3n) is 8.02. The first-order chi connectivity index (χ1) is 16.9.